The van der Waals surface area contributed by atoms with E-state index >= 15 is 0 Å². The summed E-state index contributed by atoms with van der Waals surface area (Å²) in [5.74, 6) is 0. The molecule has 9 heterocycles. The Hall–Kier alpha value is -6.90. The third-order valence-corrected chi connectivity index (χ3v) is 41.2. The van der Waals surface area contributed by atoms with Crippen molar-refractivity contribution < 1.29 is 95.3 Å². The van der Waals surface area contributed by atoms with Crippen LogP contribution in [0.15, 0.2) is 188 Å². The molecule has 5 saturated heterocycles. The fourth-order valence-electron chi connectivity index (χ4n) is 13.8. The van der Waals surface area contributed by atoms with Gasteiger partial charge in [-0.2, -0.15) is 26.8 Å². The molecule has 0 radical (unpaired) electrons. The molecule has 4 aromatic heterocycles. The predicted molar refractivity (Wildman–Crippen MR) is 587 cm³/mol. The molecule has 0 amide bonds. The van der Waals surface area contributed by atoms with Crippen molar-refractivity contribution in [3.8, 4) is 45.7 Å². The molecule has 0 spiro atoms. The molecule has 15 rings (SSSR count). The number of aromatic nitrogens is 6. The molecule has 0 aliphatic carbocycles. The summed E-state index contributed by atoms with van der Waals surface area (Å²) in [6.45, 7) is 29.3. The second kappa shape index (κ2) is 49.7. The summed E-state index contributed by atoms with van der Waals surface area (Å²) in [4.78, 5) is 19.5. The number of nitrogens with one attached hydrogen (secondary N) is 1. The zero-order chi connectivity index (χ0) is 107. The second-order valence-corrected chi connectivity index (χ2v) is 69.5. The molecule has 50 heteroatoms. The van der Waals surface area contributed by atoms with Gasteiger partial charge in [0.05, 0.1) is 81.9 Å². The van der Waals surface area contributed by atoms with Gasteiger partial charge in [0.1, 0.15) is 110 Å². The molecule has 13 atom stereocenters. The van der Waals surface area contributed by atoms with Crippen molar-refractivity contribution in [3.05, 3.63) is 194 Å². The number of ether oxygens (including phenoxy) is 8. The van der Waals surface area contributed by atoms with E-state index in [9.17, 15) is 48.1 Å². The Kier molecular flexibility index (Phi) is 41.1. The van der Waals surface area contributed by atoms with Crippen LogP contribution >= 0.6 is 49.8 Å². The lowest BCUT2D eigenvalue weighted by molar-refractivity contribution is 0.00332. The average molecular weight is 2300 g/mol. The van der Waals surface area contributed by atoms with E-state index in [1.807, 2.05) is 148 Å². The molecule has 5 unspecified atom stereocenters. The molecule has 5 fully saturated rings. The number of aliphatic hydroxyl groups is 2. The Morgan fingerprint density at radius 3 is 1.15 bits per heavy atom. The molecular formula is C95H136BBrCl3N15O21S7Si2. The number of sulfonamides is 2. The van der Waals surface area contributed by atoms with Gasteiger partial charge in [0, 0.05) is 133 Å². The van der Waals surface area contributed by atoms with Crippen LogP contribution in [0.2, 0.25) is 61.4 Å². The van der Waals surface area contributed by atoms with Crippen molar-refractivity contribution in [2.24, 2.45) is 16.3 Å². The largest absolute Gasteiger partial charge is 0.494 e. The summed E-state index contributed by atoms with van der Waals surface area (Å²) < 4.78 is 198. The molecule has 0 bridgehead atoms. The summed E-state index contributed by atoms with van der Waals surface area (Å²) in [6, 6.07) is 50.6. The molecule has 36 nitrogen and oxygen atoms in total. The molecule has 0 saturated carbocycles. The maximum Gasteiger partial charge on any atom is 0.494 e. The molecule has 5 aliphatic heterocycles. The number of hydrogen-bond donors (Lipinski definition) is 3. The molecular weight excluding hydrogens is 2160 g/mol. The SMILES string of the molecule is CC1(C)OB(c2ccc(-c3nc4c(cc3Cl)nc(O[C@@H]3CO[C@H]5[C@@H]3OC[C@H]5O)n4COCC[Si](C)(C)C)cc2)OC1(C)C.CN(C)S(C)(=N)=O.CN(C)S(C)(=O)=NCc1ccc(-c2ccc(-c3nc4c(cc3Cl)nc(O[C@@H]3CO[C@H]5[C@@H]3OC[C@H]5O)n4COCC[Si](C)(C)C)cc2)cc1.CN(C)S(C)(=O)=NCc1ccc(Br)cc1.Cc1ccc(S(=O)(=O)N=S(C)(=O)Cl)cc1.Cc1ccc(S(=O)(=O)N=S(C)(=O)N(C)C)cc1. The fraction of sp³-hybridized carbons (Fsp3) is 0.495. The number of benzene rings is 6. The van der Waals surface area contributed by atoms with Crippen molar-refractivity contribution >= 4 is 170 Å². The molecule has 10 aromatic rings. The van der Waals surface area contributed by atoms with Crippen LogP contribution in [-0.2, 0) is 133 Å². The lowest BCUT2D eigenvalue weighted by Gasteiger charge is -2.32. The van der Waals surface area contributed by atoms with Crippen LogP contribution in [0.1, 0.15) is 49.9 Å². The summed E-state index contributed by atoms with van der Waals surface area (Å²) in [5.41, 5.74) is 11.4. The first-order valence-corrected chi connectivity index (χ1v) is 68.3. The third kappa shape index (κ3) is 33.8. The lowest BCUT2D eigenvalue weighted by Crippen LogP contribution is -2.41. The van der Waals surface area contributed by atoms with Gasteiger partial charge in [-0.25, -0.2) is 61.7 Å². The van der Waals surface area contributed by atoms with Crippen LogP contribution in [0.4, 0.5) is 0 Å². The van der Waals surface area contributed by atoms with E-state index in [1.165, 1.54) is 59.5 Å². The lowest BCUT2D eigenvalue weighted by atomic mass is 9.79. The highest BCUT2D eigenvalue weighted by molar-refractivity contribution is 9.10. The second-order valence-electron chi connectivity index (χ2n) is 39.8. The molecule has 145 heavy (non-hydrogen) atoms. The number of hydrogen-bond acceptors (Lipinski definition) is 28. The zero-order valence-electron chi connectivity index (χ0n) is 86.5. The van der Waals surface area contributed by atoms with E-state index in [4.69, 9.17) is 106 Å². The predicted octanol–water partition coefficient (Wildman–Crippen LogP) is 15.8. The summed E-state index contributed by atoms with van der Waals surface area (Å²) in [5, 5.41) is 21.3. The summed E-state index contributed by atoms with van der Waals surface area (Å²) >= 11 is 17.0. The van der Waals surface area contributed by atoms with Gasteiger partial charge in [-0.3, -0.25) is 9.13 Å². The van der Waals surface area contributed by atoms with Crippen molar-refractivity contribution in [2.75, 3.05) is 127 Å². The fourth-order valence-corrected chi connectivity index (χ4v) is 23.0. The summed E-state index contributed by atoms with van der Waals surface area (Å²) in [6.07, 6.45) is 3.26. The van der Waals surface area contributed by atoms with E-state index in [1.54, 1.807) is 99.8 Å². The van der Waals surface area contributed by atoms with Crippen LogP contribution < -0.4 is 14.9 Å². The first kappa shape index (κ1) is 120. The van der Waals surface area contributed by atoms with E-state index in [0.29, 0.717) is 88.7 Å². The Labute approximate surface area is 881 Å². The minimum atomic E-state index is -3.92. The number of pyridine rings is 2. The monoisotopic (exact) mass is 2300 g/mol. The number of imidazole rings is 2. The van der Waals surface area contributed by atoms with Crippen molar-refractivity contribution in [1.82, 2.24) is 46.3 Å². The normalized spacial score (nSPS) is 21.1. The van der Waals surface area contributed by atoms with Crippen LogP contribution in [0, 0.1) is 18.6 Å². The number of nitrogens with zero attached hydrogens (tertiary/aromatic N) is 14. The zero-order valence-corrected chi connectivity index (χ0v) is 98.0. The highest BCUT2D eigenvalue weighted by atomic mass is 79.9. The van der Waals surface area contributed by atoms with Crippen LogP contribution in [0.25, 0.3) is 56.0 Å². The van der Waals surface area contributed by atoms with E-state index in [0.717, 1.165) is 72.8 Å². The Balaban J connectivity index is 0.000000199. The molecule has 3 N–H and O–H groups in total. The highest BCUT2D eigenvalue weighted by Gasteiger charge is 2.53. The van der Waals surface area contributed by atoms with Gasteiger partial charge in [-0.1, -0.05) is 206 Å². The molecule has 6 aromatic carbocycles. The number of rotatable bonds is 30. The van der Waals surface area contributed by atoms with Gasteiger partial charge >= 0.3 is 19.1 Å². The van der Waals surface area contributed by atoms with E-state index in [2.05, 4.69) is 71.5 Å². The Morgan fingerprint density at radius 1 is 0.476 bits per heavy atom. The van der Waals surface area contributed by atoms with Crippen LogP contribution in [0.3, 0.4) is 0 Å². The van der Waals surface area contributed by atoms with Gasteiger partial charge in [0.2, 0.25) is 0 Å². The average Bonchev–Trinajstić information content (AvgIpc) is 1.63. The molecule has 5 aliphatic rings. The summed E-state index contributed by atoms with van der Waals surface area (Å²) in [7, 11) is -5.23. The van der Waals surface area contributed by atoms with E-state index in [-0.39, 0.29) is 55.3 Å². The minimum Gasteiger partial charge on any atom is -0.456 e. The van der Waals surface area contributed by atoms with Gasteiger partial charge in [0.25, 0.3) is 20.0 Å². The standard InChI is InChI=1S/C34H44ClN5O6SSi.C30H41BClN3O7Si.C10H15BrN2OS.C10H16N2O3S2.C8H10ClNO3S2.C3H10N2OS/c1-39(2)47(3,42)36-18-22-7-9-23(10-8-22)24-11-13-25(14-12-24)30-26(35)17-27-33(38-30)40(21-43-15-16-48(4,5)6)34(37-27)46-29-20-45-31-28(41)19-44-32(29)31;1-29(2)30(3,4)42-31(41-29)19-10-8-18(9-11-19)24-20(32)14-21-27(34-24)35(17-37-12-13-43(5,6)7)28(33-21)40-23-16-39-25-22(36)15-38-26(23)25;1-13(2)15(3,14)12-8-9-4-6-10(11)7-5-9;1-9-5-7-10(8-6-9)17(14,15)11-16(4,13)12(2)3;1-7-3-5-8(6-4-7)15(12,13)10-14(2,9)11;1-5(2)7(3,4)6/h7-14,17,28-29,31-32,41H,15-16,18-21H2,1-6H3;8-11,14,22-23,25-26,36H,12-13,15-17H2,1-7H3;4-7H,8H2,1-3H3;5-8H,1-4H3;3-6H,1-2H3;4H,1-3H3/t28-,29-,31-,32-,47?;22-,23-,25-,26-;;;;/m11..../s1. The van der Waals surface area contributed by atoms with E-state index < -0.39 is 140 Å². The number of fused-ring (bicyclic) bond motifs is 4. The smallest absolute Gasteiger partial charge is 0.456 e. The maximum absolute atomic E-state index is 12.5. The number of halogens is 4. The van der Waals surface area contributed by atoms with Crippen LogP contribution in [-0.4, -0.2) is 305 Å². The topological polar surface area (TPSA) is 434 Å². The first-order chi connectivity index (χ1) is 67.2. The maximum atomic E-state index is 12.5. The highest BCUT2D eigenvalue weighted by Crippen LogP contribution is 2.41. The Bertz CT molecular complexity index is 7040. The van der Waals surface area contributed by atoms with Gasteiger partial charge in [-0.15, -0.1) is 0 Å². The van der Waals surface area contributed by atoms with Crippen molar-refractivity contribution in [1.29, 1.82) is 4.78 Å². The Morgan fingerprint density at radius 2 is 0.807 bits per heavy atom. The number of aryl methyl sites for hydroxylation is 2. The van der Waals surface area contributed by atoms with Gasteiger partial charge in [-0.05, 0) is 141 Å². The quantitative estimate of drug-likeness (QED) is 0.0214. The van der Waals surface area contributed by atoms with Crippen LogP contribution in [0.5, 0.6) is 12.0 Å². The third-order valence-electron chi connectivity index (χ3n) is 24.1. The minimum absolute atomic E-state index is 0.0108. The van der Waals surface area contributed by atoms with Crippen molar-refractivity contribution in [2.45, 2.75) is 189 Å². The van der Waals surface area contributed by atoms with Crippen molar-refractivity contribution in [3.63, 3.8) is 0 Å². The molecule has 798 valence electrons. The first-order valence-electron chi connectivity index (χ1n) is 46.2. The van der Waals surface area contributed by atoms with Gasteiger partial charge in [0.15, 0.2) is 23.5 Å². The number of aliphatic hydroxyl groups excluding tert-OH is 2. The van der Waals surface area contributed by atoms with Gasteiger partial charge < -0.3 is 57.4 Å².